The lowest BCUT2D eigenvalue weighted by atomic mass is 9.89. The van der Waals surface area contributed by atoms with Crippen LogP contribution in [0.4, 0.5) is 0 Å². The molecule has 2 aromatic heterocycles. The van der Waals surface area contributed by atoms with Gasteiger partial charge in [0.1, 0.15) is 17.1 Å². The Hall–Kier alpha value is -2.86. The molecule has 4 N–H and O–H groups in total. The molecular formula is C23H28N4O2. The van der Waals surface area contributed by atoms with Crippen molar-refractivity contribution in [3.8, 4) is 11.5 Å². The highest BCUT2D eigenvalue weighted by molar-refractivity contribution is 5.82. The van der Waals surface area contributed by atoms with Crippen molar-refractivity contribution < 1.29 is 9.53 Å². The highest BCUT2D eigenvalue weighted by Gasteiger charge is 2.18. The predicted molar refractivity (Wildman–Crippen MR) is 114 cm³/mol. The normalized spacial score (nSPS) is 15.9. The van der Waals surface area contributed by atoms with Gasteiger partial charge in [-0.05, 0) is 55.0 Å². The number of nitrogens with two attached hydrogens (primary N) is 1. The number of hydrogen-bond acceptors (Lipinski definition) is 4. The van der Waals surface area contributed by atoms with E-state index in [0.29, 0.717) is 12.3 Å². The Kier molecular flexibility index (Phi) is 6.10. The maximum Gasteiger partial charge on any atom is 0.237 e. The molecule has 0 radical (unpaired) electrons. The summed E-state index contributed by atoms with van der Waals surface area (Å²) in [7, 11) is 0. The summed E-state index contributed by atoms with van der Waals surface area (Å²) in [5, 5.41) is 3.97. The number of carbonyl (C=O) groups excluding carboxylic acids is 1. The number of aromatic nitrogens is 2. The van der Waals surface area contributed by atoms with E-state index < -0.39 is 6.04 Å². The number of fused-ring (bicyclic) bond motifs is 1. The van der Waals surface area contributed by atoms with Crippen molar-refractivity contribution in [1.29, 1.82) is 0 Å². The summed E-state index contributed by atoms with van der Waals surface area (Å²) in [5.41, 5.74) is 7.93. The van der Waals surface area contributed by atoms with Crippen molar-refractivity contribution >= 4 is 16.9 Å². The van der Waals surface area contributed by atoms with E-state index in [0.717, 1.165) is 34.6 Å². The molecule has 1 fully saturated rings. The van der Waals surface area contributed by atoms with Gasteiger partial charge in [0, 0.05) is 18.9 Å². The number of nitrogens with zero attached hydrogens (tertiary/aromatic N) is 1. The van der Waals surface area contributed by atoms with E-state index in [1.54, 1.807) is 6.20 Å². The first-order valence-corrected chi connectivity index (χ1v) is 10.4. The second kappa shape index (κ2) is 9.09. The standard InChI is InChI=1S/C23H28N4O2/c24-20(23(28)27-15-17-4-2-1-3-5-17)14-16-6-8-18(9-7-16)29-21-11-13-26-22-19(21)10-12-25-22/h6-13,17,20H,1-5,14-15,24H2,(H,25,26)(H,27,28). The lowest BCUT2D eigenvalue weighted by Gasteiger charge is -2.22. The minimum atomic E-state index is -0.537. The second-order valence-electron chi connectivity index (χ2n) is 7.85. The van der Waals surface area contributed by atoms with Crippen LogP contribution in [-0.4, -0.2) is 28.5 Å². The second-order valence-corrected chi connectivity index (χ2v) is 7.85. The van der Waals surface area contributed by atoms with E-state index in [1.807, 2.05) is 42.6 Å². The summed E-state index contributed by atoms with van der Waals surface area (Å²) in [6.07, 6.45) is 10.4. The van der Waals surface area contributed by atoms with Crippen LogP contribution in [0.15, 0.2) is 48.8 Å². The fourth-order valence-corrected chi connectivity index (χ4v) is 3.96. The van der Waals surface area contributed by atoms with Crippen LogP contribution in [0.25, 0.3) is 11.0 Å². The molecule has 2 heterocycles. The Balaban J connectivity index is 1.30. The molecule has 0 saturated heterocycles. The lowest BCUT2D eigenvalue weighted by molar-refractivity contribution is -0.122. The molecule has 1 saturated carbocycles. The predicted octanol–water partition coefficient (Wildman–Crippen LogP) is 3.92. The van der Waals surface area contributed by atoms with Crippen LogP contribution in [0.3, 0.4) is 0 Å². The Bertz CT molecular complexity index is 945. The quantitative estimate of drug-likeness (QED) is 0.568. The van der Waals surface area contributed by atoms with Crippen molar-refractivity contribution in [3.05, 3.63) is 54.4 Å². The number of amides is 1. The van der Waals surface area contributed by atoms with E-state index in [9.17, 15) is 4.79 Å². The number of benzene rings is 1. The van der Waals surface area contributed by atoms with Gasteiger partial charge in [0.15, 0.2) is 0 Å². The summed E-state index contributed by atoms with van der Waals surface area (Å²) < 4.78 is 5.99. The summed E-state index contributed by atoms with van der Waals surface area (Å²) in [5.74, 6) is 2.03. The zero-order valence-corrected chi connectivity index (χ0v) is 16.6. The van der Waals surface area contributed by atoms with Gasteiger partial charge in [-0.2, -0.15) is 0 Å². The van der Waals surface area contributed by atoms with Crippen molar-refractivity contribution in [3.63, 3.8) is 0 Å². The fraction of sp³-hybridized carbons (Fsp3) is 0.391. The van der Waals surface area contributed by atoms with Crippen molar-refractivity contribution in [1.82, 2.24) is 15.3 Å². The summed E-state index contributed by atoms with van der Waals surface area (Å²) in [6.45, 7) is 0.749. The third kappa shape index (κ3) is 4.95. The topological polar surface area (TPSA) is 93.0 Å². The molecule has 152 valence electrons. The van der Waals surface area contributed by atoms with Crippen LogP contribution >= 0.6 is 0 Å². The maximum absolute atomic E-state index is 12.3. The SMILES string of the molecule is NC(Cc1ccc(Oc2ccnc3[nH]ccc23)cc1)C(=O)NCC1CCCCC1. The monoisotopic (exact) mass is 392 g/mol. The van der Waals surface area contributed by atoms with E-state index in [2.05, 4.69) is 15.3 Å². The molecule has 6 nitrogen and oxygen atoms in total. The highest BCUT2D eigenvalue weighted by Crippen LogP contribution is 2.28. The van der Waals surface area contributed by atoms with Gasteiger partial charge in [0.05, 0.1) is 11.4 Å². The van der Waals surface area contributed by atoms with Gasteiger partial charge < -0.3 is 20.8 Å². The van der Waals surface area contributed by atoms with Crippen molar-refractivity contribution in [2.24, 2.45) is 11.7 Å². The first-order chi connectivity index (χ1) is 14.2. The summed E-state index contributed by atoms with van der Waals surface area (Å²) in [4.78, 5) is 19.7. The fourth-order valence-electron chi connectivity index (χ4n) is 3.96. The molecule has 3 aromatic rings. The number of ether oxygens (including phenoxy) is 1. The number of rotatable bonds is 7. The number of pyridine rings is 1. The zero-order valence-electron chi connectivity index (χ0n) is 16.6. The van der Waals surface area contributed by atoms with Crippen LogP contribution in [0, 0.1) is 5.92 Å². The van der Waals surface area contributed by atoms with Crippen LogP contribution < -0.4 is 15.8 Å². The van der Waals surface area contributed by atoms with Crippen LogP contribution in [0.5, 0.6) is 11.5 Å². The summed E-state index contributed by atoms with van der Waals surface area (Å²) in [6, 6.07) is 11.0. The molecule has 1 aliphatic carbocycles. The van der Waals surface area contributed by atoms with E-state index >= 15 is 0 Å². The van der Waals surface area contributed by atoms with Gasteiger partial charge in [-0.15, -0.1) is 0 Å². The smallest absolute Gasteiger partial charge is 0.237 e. The number of hydrogen-bond donors (Lipinski definition) is 3. The molecule has 0 aliphatic heterocycles. The third-order valence-electron chi connectivity index (χ3n) is 5.65. The molecule has 1 unspecified atom stereocenters. The van der Waals surface area contributed by atoms with E-state index in [1.165, 1.54) is 32.1 Å². The minimum Gasteiger partial charge on any atom is -0.457 e. The molecule has 29 heavy (non-hydrogen) atoms. The number of nitrogens with one attached hydrogen (secondary N) is 2. The summed E-state index contributed by atoms with van der Waals surface area (Å²) >= 11 is 0. The molecule has 0 spiro atoms. The number of H-pyrrole nitrogens is 1. The zero-order chi connectivity index (χ0) is 20.1. The molecule has 4 rings (SSSR count). The number of carbonyl (C=O) groups is 1. The van der Waals surface area contributed by atoms with Crippen molar-refractivity contribution in [2.75, 3.05) is 6.54 Å². The Morgan fingerprint density at radius 2 is 1.97 bits per heavy atom. The van der Waals surface area contributed by atoms with Gasteiger partial charge in [-0.25, -0.2) is 4.98 Å². The average molecular weight is 393 g/mol. The molecule has 1 amide bonds. The Labute approximate surface area is 170 Å². The van der Waals surface area contributed by atoms with Crippen LogP contribution in [0.1, 0.15) is 37.7 Å². The van der Waals surface area contributed by atoms with Crippen molar-refractivity contribution in [2.45, 2.75) is 44.6 Å². The molecule has 0 bridgehead atoms. The minimum absolute atomic E-state index is 0.0671. The molecule has 1 aliphatic rings. The molecule has 1 atom stereocenters. The third-order valence-corrected chi connectivity index (χ3v) is 5.65. The number of aromatic amines is 1. The van der Waals surface area contributed by atoms with E-state index in [4.69, 9.17) is 10.5 Å². The first-order valence-electron chi connectivity index (χ1n) is 10.4. The van der Waals surface area contributed by atoms with Gasteiger partial charge in [-0.1, -0.05) is 31.4 Å². The van der Waals surface area contributed by atoms with E-state index in [-0.39, 0.29) is 5.91 Å². The maximum atomic E-state index is 12.3. The van der Waals surface area contributed by atoms with Gasteiger partial charge in [-0.3, -0.25) is 4.79 Å². The largest absolute Gasteiger partial charge is 0.457 e. The van der Waals surface area contributed by atoms with Crippen LogP contribution in [-0.2, 0) is 11.2 Å². The highest BCUT2D eigenvalue weighted by atomic mass is 16.5. The first kappa shape index (κ1) is 19.5. The molecule has 1 aromatic carbocycles. The lowest BCUT2D eigenvalue weighted by Crippen LogP contribution is -2.43. The van der Waals surface area contributed by atoms with Crippen LogP contribution in [0.2, 0.25) is 0 Å². The van der Waals surface area contributed by atoms with Gasteiger partial charge >= 0.3 is 0 Å². The molecular weight excluding hydrogens is 364 g/mol. The average Bonchev–Trinajstić information content (AvgIpc) is 3.24. The Morgan fingerprint density at radius 1 is 1.17 bits per heavy atom. The van der Waals surface area contributed by atoms with Gasteiger partial charge in [0.2, 0.25) is 5.91 Å². The van der Waals surface area contributed by atoms with Gasteiger partial charge in [0.25, 0.3) is 0 Å². The Morgan fingerprint density at radius 3 is 2.76 bits per heavy atom. The molecule has 6 heteroatoms.